The largest absolute Gasteiger partial charge is 0.316 e. The van der Waals surface area contributed by atoms with Gasteiger partial charge in [-0.3, -0.25) is 0 Å². The summed E-state index contributed by atoms with van der Waals surface area (Å²) in [5.74, 6) is 1.45. The highest BCUT2D eigenvalue weighted by Crippen LogP contribution is 2.21. The molecule has 1 aliphatic heterocycles. The molecule has 3 heteroatoms. The van der Waals surface area contributed by atoms with Gasteiger partial charge in [0.2, 0.25) is 0 Å². The Morgan fingerprint density at radius 1 is 1.56 bits per heavy atom. The van der Waals surface area contributed by atoms with Crippen molar-refractivity contribution in [2.45, 2.75) is 45.4 Å². The molecule has 0 spiro atoms. The van der Waals surface area contributed by atoms with Crippen LogP contribution in [-0.2, 0) is 6.42 Å². The first-order valence-corrected chi connectivity index (χ1v) is 7.28. The molecule has 0 radical (unpaired) electrons. The topological polar surface area (TPSA) is 24.9 Å². The summed E-state index contributed by atoms with van der Waals surface area (Å²) < 4.78 is 0. The zero-order valence-electron chi connectivity index (χ0n) is 10.3. The molecule has 1 fully saturated rings. The molecule has 16 heavy (non-hydrogen) atoms. The molecule has 1 unspecified atom stereocenters. The van der Waals surface area contributed by atoms with E-state index in [-0.39, 0.29) is 0 Å². The van der Waals surface area contributed by atoms with Crippen molar-refractivity contribution in [3.05, 3.63) is 16.1 Å². The van der Waals surface area contributed by atoms with Gasteiger partial charge in [0.15, 0.2) is 0 Å². The molecule has 2 rings (SSSR count). The molecule has 2 heterocycles. The highest BCUT2D eigenvalue weighted by molar-refractivity contribution is 7.09. The van der Waals surface area contributed by atoms with Gasteiger partial charge in [0.25, 0.3) is 0 Å². The van der Waals surface area contributed by atoms with E-state index < -0.39 is 0 Å². The van der Waals surface area contributed by atoms with Crippen LogP contribution in [0.5, 0.6) is 0 Å². The van der Waals surface area contributed by atoms with Crippen LogP contribution in [0.1, 0.15) is 49.7 Å². The molecule has 2 nitrogen and oxygen atoms in total. The second kappa shape index (κ2) is 5.78. The highest BCUT2D eigenvalue weighted by Gasteiger charge is 2.13. The van der Waals surface area contributed by atoms with Gasteiger partial charge >= 0.3 is 0 Å². The monoisotopic (exact) mass is 238 g/mol. The Morgan fingerprint density at radius 2 is 2.44 bits per heavy atom. The Bertz CT molecular complexity index is 313. The van der Waals surface area contributed by atoms with Crippen molar-refractivity contribution in [2.24, 2.45) is 5.92 Å². The molecular formula is C13H22N2S. The van der Waals surface area contributed by atoms with Crippen LogP contribution >= 0.6 is 11.3 Å². The molecule has 0 bridgehead atoms. The number of nitrogens with zero attached hydrogens (tertiary/aromatic N) is 1. The molecule has 1 saturated heterocycles. The van der Waals surface area contributed by atoms with Gasteiger partial charge in [0.1, 0.15) is 0 Å². The second-order valence-electron chi connectivity index (χ2n) is 5.07. The van der Waals surface area contributed by atoms with Gasteiger partial charge in [0, 0.05) is 5.38 Å². The van der Waals surface area contributed by atoms with Crippen LogP contribution in [0.3, 0.4) is 0 Å². The lowest BCUT2D eigenvalue weighted by Gasteiger charge is -2.22. The summed E-state index contributed by atoms with van der Waals surface area (Å²) in [7, 11) is 0. The predicted octanol–water partition coefficient (Wildman–Crippen LogP) is 3.20. The van der Waals surface area contributed by atoms with E-state index in [9.17, 15) is 0 Å². The Balaban J connectivity index is 1.79. The van der Waals surface area contributed by atoms with E-state index in [1.54, 1.807) is 0 Å². The van der Waals surface area contributed by atoms with E-state index in [0.29, 0.717) is 5.92 Å². The minimum atomic E-state index is 0.571. The maximum absolute atomic E-state index is 4.69. The molecule has 1 aromatic rings. The van der Waals surface area contributed by atoms with Crippen molar-refractivity contribution < 1.29 is 0 Å². The molecule has 1 N–H and O–H groups in total. The molecule has 0 amide bonds. The van der Waals surface area contributed by atoms with Crippen LogP contribution in [0.2, 0.25) is 0 Å². The summed E-state index contributed by atoms with van der Waals surface area (Å²) in [6.45, 7) is 6.85. The van der Waals surface area contributed by atoms with Crippen molar-refractivity contribution >= 4 is 11.3 Å². The van der Waals surface area contributed by atoms with Gasteiger partial charge in [-0.15, -0.1) is 11.3 Å². The Kier molecular flexibility index (Phi) is 4.36. The quantitative estimate of drug-likeness (QED) is 0.871. The smallest absolute Gasteiger partial charge is 0.0928 e. The van der Waals surface area contributed by atoms with Gasteiger partial charge < -0.3 is 5.32 Å². The van der Waals surface area contributed by atoms with E-state index in [1.807, 2.05) is 11.3 Å². The van der Waals surface area contributed by atoms with Crippen LogP contribution in [0.15, 0.2) is 5.38 Å². The van der Waals surface area contributed by atoms with E-state index in [4.69, 9.17) is 4.98 Å². The SMILES string of the molecule is CC(C)c1csc(CCC2CCCNC2)n1. The average Bonchev–Trinajstić information content (AvgIpc) is 2.76. The maximum atomic E-state index is 4.69. The molecule has 90 valence electrons. The third kappa shape index (κ3) is 3.29. The third-order valence-corrected chi connectivity index (χ3v) is 4.25. The molecule has 0 aromatic carbocycles. The van der Waals surface area contributed by atoms with Crippen LogP contribution in [0, 0.1) is 5.92 Å². The van der Waals surface area contributed by atoms with E-state index in [2.05, 4.69) is 24.5 Å². The predicted molar refractivity (Wildman–Crippen MR) is 70.1 cm³/mol. The zero-order valence-corrected chi connectivity index (χ0v) is 11.1. The maximum Gasteiger partial charge on any atom is 0.0928 e. The van der Waals surface area contributed by atoms with E-state index >= 15 is 0 Å². The summed E-state index contributed by atoms with van der Waals surface area (Å²) in [6.07, 6.45) is 5.22. The van der Waals surface area contributed by atoms with Crippen molar-refractivity contribution in [1.82, 2.24) is 10.3 Å². The first-order valence-electron chi connectivity index (χ1n) is 6.40. The fraction of sp³-hybridized carbons (Fsp3) is 0.769. The number of thiazole rings is 1. The Labute approximate surface area is 102 Å². The molecule has 1 atom stereocenters. The lowest BCUT2D eigenvalue weighted by molar-refractivity contribution is 0.358. The highest BCUT2D eigenvalue weighted by atomic mass is 32.1. The number of piperidine rings is 1. The Morgan fingerprint density at radius 3 is 3.06 bits per heavy atom. The van der Waals surface area contributed by atoms with Gasteiger partial charge in [-0.2, -0.15) is 0 Å². The number of hydrogen-bond acceptors (Lipinski definition) is 3. The van der Waals surface area contributed by atoms with Crippen LogP contribution in [-0.4, -0.2) is 18.1 Å². The summed E-state index contributed by atoms with van der Waals surface area (Å²) in [6, 6.07) is 0. The normalized spacial score (nSPS) is 21.6. The van der Waals surface area contributed by atoms with Gasteiger partial charge in [-0.25, -0.2) is 4.98 Å². The number of aryl methyl sites for hydroxylation is 1. The second-order valence-corrected chi connectivity index (χ2v) is 6.01. The van der Waals surface area contributed by atoms with Gasteiger partial charge in [0.05, 0.1) is 10.7 Å². The molecule has 0 saturated carbocycles. The minimum absolute atomic E-state index is 0.571. The molecule has 1 aliphatic rings. The summed E-state index contributed by atoms with van der Waals surface area (Å²) in [5, 5.41) is 7.03. The van der Waals surface area contributed by atoms with Gasteiger partial charge in [-0.1, -0.05) is 13.8 Å². The molecular weight excluding hydrogens is 216 g/mol. The number of nitrogens with one attached hydrogen (secondary N) is 1. The number of rotatable bonds is 4. The third-order valence-electron chi connectivity index (χ3n) is 3.33. The summed E-state index contributed by atoms with van der Waals surface area (Å²) in [5.41, 5.74) is 1.27. The standard InChI is InChI=1S/C13H22N2S/c1-10(2)12-9-16-13(15-12)6-5-11-4-3-7-14-8-11/h9-11,14H,3-8H2,1-2H3. The fourth-order valence-corrected chi connectivity index (χ4v) is 3.18. The summed E-state index contributed by atoms with van der Waals surface area (Å²) in [4.78, 5) is 4.69. The lowest BCUT2D eigenvalue weighted by atomic mass is 9.95. The van der Waals surface area contributed by atoms with Crippen molar-refractivity contribution in [1.29, 1.82) is 0 Å². The first kappa shape index (κ1) is 12.1. The van der Waals surface area contributed by atoms with Gasteiger partial charge in [-0.05, 0) is 50.6 Å². The molecule has 0 aliphatic carbocycles. The van der Waals surface area contributed by atoms with Crippen molar-refractivity contribution in [2.75, 3.05) is 13.1 Å². The first-order chi connectivity index (χ1) is 7.75. The summed E-state index contributed by atoms with van der Waals surface area (Å²) >= 11 is 1.83. The lowest BCUT2D eigenvalue weighted by Crippen LogP contribution is -2.29. The van der Waals surface area contributed by atoms with Crippen LogP contribution in [0.4, 0.5) is 0 Å². The Hall–Kier alpha value is -0.410. The van der Waals surface area contributed by atoms with E-state index in [0.717, 1.165) is 5.92 Å². The van der Waals surface area contributed by atoms with Crippen LogP contribution < -0.4 is 5.32 Å². The van der Waals surface area contributed by atoms with Crippen LogP contribution in [0.25, 0.3) is 0 Å². The number of aromatic nitrogens is 1. The van der Waals surface area contributed by atoms with E-state index in [1.165, 1.54) is 49.5 Å². The zero-order chi connectivity index (χ0) is 11.4. The van der Waals surface area contributed by atoms with Crippen molar-refractivity contribution in [3.8, 4) is 0 Å². The molecule has 1 aromatic heterocycles. The average molecular weight is 238 g/mol. The number of hydrogen-bond donors (Lipinski definition) is 1. The van der Waals surface area contributed by atoms with Crippen molar-refractivity contribution in [3.63, 3.8) is 0 Å². The fourth-order valence-electron chi connectivity index (χ4n) is 2.20. The minimum Gasteiger partial charge on any atom is -0.316 e.